The highest BCUT2D eigenvalue weighted by atomic mass is 31.2. The molecule has 0 aromatic rings. The Morgan fingerprint density at radius 3 is 1.12 bits per heavy atom. The molecular formula is C69H121N2O6P. The molecule has 0 rings (SSSR count). The minimum atomic E-state index is -4.60. The van der Waals surface area contributed by atoms with Crippen LogP contribution in [0.5, 0.6) is 0 Å². The van der Waals surface area contributed by atoms with Gasteiger partial charge in [0.15, 0.2) is 0 Å². The minimum Gasteiger partial charge on any atom is -0.756 e. The van der Waals surface area contributed by atoms with Gasteiger partial charge in [-0.2, -0.15) is 0 Å². The molecule has 0 heterocycles. The van der Waals surface area contributed by atoms with E-state index in [4.69, 9.17) is 9.05 Å². The molecule has 0 aliphatic rings. The highest BCUT2D eigenvalue weighted by Gasteiger charge is 2.24. The molecule has 0 spiro atoms. The van der Waals surface area contributed by atoms with Crippen molar-refractivity contribution >= 4 is 13.7 Å². The lowest BCUT2D eigenvalue weighted by molar-refractivity contribution is -0.870. The molecule has 448 valence electrons. The van der Waals surface area contributed by atoms with Crippen LogP contribution in [-0.2, 0) is 18.4 Å². The summed E-state index contributed by atoms with van der Waals surface area (Å²) in [6.07, 6.45) is 86.8. The van der Waals surface area contributed by atoms with Gasteiger partial charge in [0, 0.05) is 6.42 Å². The Kier molecular flexibility index (Phi) is 56.2. The van der Waals surface area contributed by atoms with E-state index in [2.05, 4.69) is 141 Å². The maximum absolute atomic E-state index is 13.0. The molecule has 0 saturated heterocycles. The van der Waals surface area contributed by atoms with E-state index in [1.807, 2.05) is 21.1 Å². The number of hydrogen-bond acceptors (Lipinski definition) is 6. The summed E-state index contributed by atoms with van der Waals surface area (Å²) < 4.78 is 23.4. The second kappa shape index (κ2) is 58.6. The van der Waals surface area contributed by atoms with Crippen LogP contribution in [0.2, 0.25) is 0 Å². The number of aliphatic hydroxyl groups is 1. The summed E-state index contributed by atoms with van der Waals surface area (Å²) >= 11 is 0. The van der Waals surface area contributed by atoms with Crippen molar-refractivity contribution in [2.45, 2.75) is 270 Å². The number of rotatable bonds is 57. The van der Waals surface area contributed by atoms with Crippen molar-refractivity contribution in [3.63, 3.8) is 0 Å². The molecule has 0 radical (unpaired) electrons. The number of hydrogen-bond donors (Lipinski definition) is 2. The third-order valence-corrected chi connectivity index (χ3v) is 14.7. The fourth-order valence-corrected chi connectivity index (χ4v) is 9.50. The monoisotopic (exact) mass is 1100 g/mol. The van der Waals surface area contributed by atoms with Gasteiger partial charge in [-0.1, -0.05) is 283 Å². The number of phosphoric ester groups is 1. The average Bonchev–Trinajstić information content (AvgIpc) is 3.41. The zero-order chi connectivity index (χ0) is 57.0. The SMILES string of the molecule is CC/C=C\C/C=C\C/C=C\C/C=C\C/C=C\C/C=C\C/C=C\C/C=C\C/C=C\C/C=C\CCCCC(=O)NC(COP(=O)([O-])OCC[N+](C)(C)C)C(O)CCCCCCCCCCCCCCCCCCCCCCCCC. The maximum Gasteiger partial charge on any atom is 0.268 e. The molecule has 0 saturated carbocycles. The first-order valence-electron chi connectivity index (χ1n) is 31.9. The lowest BCUT2D eigenvalue weighted by Crippen LogP contribution is -2.46. The normalized spacial score (nSPS) is 14.6. The summed E-state index contributed by atoms with van der Waals surface area (Å²) in [5, 5.41) is 14.0. The van der Waals surface area contributed by atoms with Gasteiger partial charge >= 0.3 is 0 Å². The van der Waals surface area contributed by atoms with Gasteiger partial charge in [-0.3, -0.25) is 9.36 Å². The van der Waals surface area contributed by atoms with E-state index in [1.54, 1.807) is 0 Å². The molecule has 0 bridgehead atoms. The van der Waals surface area contributed by atoms with E-state index in [0.29, 0.717) is 30.3 Å². The largest absolute Gasteiger partial charge is 0.756 e. The Balaban J connectivity index is 4.26. The van der Waals surface area contributed by atoms with Crippen molar-refractivity contribution in [1.29, 1.82) is 0 Å². The first-order valence-corrected chi connectivity index (χ1v) is 33.3. The van der Waals surface area contributed by atoms with Gasteiger partial charge in [-0.25, -0.2) is 0 Å². The third kappa shape index (κ3) is 60.5. The van der Waals surface area contributed by atoms with Crippen LogP contribution in [0.3, 0.4) is 0 Å². The third-order valence-electron chi connectivity index (χ3n) is 13.7. The van der Waals surface area contributed by atoms with Crippen molar-refractivity contribution in [1.82, 2.24) is 5.32 Å². The molecule has 78 heavy (non-hydrogen) atoms. The number of amides is 1. The average molecular weight is 1110 g/mol. The first kappa shape index (κ1) is 74.9. The Bertz CT molecular complexity index is 1680. The number of aliphatic hydroxyl groups excluding tert-OH is 1. The Morgan fingerprint density at radius 1 is 0.462 bits per heavy atom. The van der Waals surface area contributed by atoms with Crippen LogP contribution < -0.4 is 10.2 Å². The molecule has 0 fully saturated rings. The number of carbonyl (C=O) groups excluding carboxylic acids is 1. The number of carbonyl (C=O) groups is 1. The molecule has 3 unspecified atom stereocenters. The summed E-state index contributed by atoms with van der Waals surface area (Å²) in [7, 11) is 1.26. The van der Waals surface area contributed by atoms with Crippen molar-refractivity contribution in [2.24, 2.45) is 0 Å². The highest BCUT2D eigenvalue weighted by molar-refractivity contribution is 7.45. The van der Waals surface area contributed by atoms with Crippen molar-refractivity contribution in [3.05, 3.63) is 122 Å². The van der Waals surface area contributed by atoms with Crippen molar-refractivity contribution in [3.8, 4) is 0 Å². The number of unbranched alkanes of at least 4 members (excludes halogenated alkanes) is 24. The maximum atomic E-state index is 13.0. The van der Waals surface area contributed by atoms with Crippen LogP contribution in [0.25, 0.3) is 0 Å². The lowest BCUT2D eigenvalue weighted by Gasteiger charge is -2.30. The molecule has 0 aliphatic heterocycles. The van der Waals surface area contributed by atoms with Crippen LogP contribution in [0.1, 0.15) is 258 Å². The molecule has 8 nitrogen and oxygen atoms in total. The number of allylic oxidation sites excluding steroid dienone is 20. The minimum absolute atomic E-state index is 0.00279. The number of phosphoric acid groups is 1. The Hall–Kier alpha value is -3.10. The molecule has 2 N–H and O–H groups in total. The van der Waals surface area contributed by atoms with Crippen molar-refractivity contribution < 1.29 is 32.9 Å². The fraction of sp³-hybridized carbons (Fsp3) is 0.696. The van der Waals surface area contributed by atoms with Crippen LogP contribution in [0.4, 0.5) is 0 Å². The van der Waals surface area contributed by atoms with E-state index in [0.717, 1.165) is 96.3 Å². The van der Waals surface area contributed by atoms with Crippen molar-refractivity contribution in [2.75, 3.05) is 40.9 Å². The predicted octanol–water partition coefficient (Wildman–Crippen LogP) is 19.5. The van der Waals surface area contributed by atoms with Gasteiger partial charge in [0.05, 0.1) is 39.9 Å². The van der Waals surface area contributed by atoms with E-state index < -0.39 is 20.0 Å². The summed E-state index contributed by atoms with van der Waals surface area (Å²) in [4.78, 5) is 25.6. The van der Waals surface area contributed by atoms with Gasteiger partial charge in [0.2, 0.25) is 5.91 Å². The van der Waals surface area contributed by atoms with Gasteiger partial charge in [0.1, 0.15) is 13.2 Å². The molecule has 3 atom stereocenters. The Labute approximate surface area is 482 Å². The molecule has 0 aliphatic carbocycles. The summed E-state index contributed by atoms with van der Waals surface area (Å²) in [5.41, 5.74) is 0. The number of nitrogens with one attached hydrogen (secondary N) is 1. The second-order valence-corrected chi connectivity index (χ2v) is 23.8. The van der Waals surface area contributed by atoms with E-state index in [9.17, 15) is 19.4 Å². The first-order chi connectivity index (χ1) is 38.0. The number of quaternary nitrogens is 1. The molecule has 1 amide bonds. The molecule has 0 aromatic heterocycles. The van der Waals surface area contributed by atoms with Gasteiger partial charge in [-0.05, 0) is 89.9 Å². The van der Waals surface area contributed by atoms with Crippen LogP contribution in [0.15, 0.2) is 122 Å². The number of likely N-dealkylation sites (N-methyl/N-ethyl adjacent to an activating group) is 1. The lowest BCUT2D eigenvalue weighted by atomic mass is 10.0. The van der Waals surface area contributed by atoms with Crippen LogP contribution in [0, 0.1) is 0 Å². The smallest absolute Gasteiger partial charge is 0.268 e. The highest BCUT2D eigenvalue weighted by Crippen LogP contribution is 2.38. The quantitative estimate of drug-likeness (QED) is 0.0272. The summed E-state index contributed by atoms with van der Waals surface area (Å²) in [5.74, 6) is -0.209. The zero-order valence-corrected chi connectivity index (χ0v) is 52.0. The fourth-order valence-electron chi connectivity index (χ4n) is 8.77. The number of nitrogens with zero attached hydrogens (tertiary/aromatic N) is 1. The van der Waals surface area contributed by atoms with E-state index in [-0.39, 0.29) is 19.1 Å². The summed E-state index contributed by atoms with van der Waals surface area (Å²) in [6, 6.07) is -0.835. The second-order valence-electron chi connectivity index (χ2n) is 22.4. The van der Waals surface area contributed by atoms with E-state index >= 15 is 0 Å². The topological polar surface area (TPSA) is 108 Å². The standard InChI is InChI=1S/C69H121N2O6P/c1-6-8-10-12-14-16-18-20-22-24-26-28-30-31-32-33-34-35-36-37-38-39-41-43-45-47-49-51-53-55-57-59-61-63-69(73)70-67(66-77-78(74,75)76-65-64-71(3,4)5)68(72)62-60-58-56-54-52-50-48-46-44-42-40-29-27-25-23-21-19-17-15-13-11-9-7-2/h8,10,14,16,20,22,26,28,31-32,34-35,37-38,41,43,47,49,53,55,67-68,72H,6-7,9,11-13,15,17-19,21,23-25,27,29-30,33,36,39-40,42,44-46,48,50-52,54,56-66H2,1-5H3,(H-,70,73,74,75)/b10-8-,16-14-,22-20-,28-26-,32-31-,35-34-,38-37-,43-41-,49-47-,55-53-. The van der Waals surface area contributed by atoms with E-state index in [1.165, 1.54) is 128 Å². The Morgan fingerprint density at radius 2 is 0.782 bits per heavy atom. The molecular weight excluding hydrogens is 984 g/mol. The molecule has 9 heteroatoms. The summed E-state index contributed by atoms with van der Waals surface area (Å²) in [6.45, 7) is 4.58. The van der Waals surface area contributed by atoms with Gasteiger partial charge in [0.25, 0.3) is 7.82 Å². The zero-order valence-electron chi connectivity index (χ0n) is 51.1. The molecule has 0 aromatic carbocycles. The van der Waals surface area contributed by atoms with Gasteiger partial charge < -0.3 is 28.8 Å². The van der Waals surface area contributed by atoms with Crippen LogP contribution >= 0.6 is 7.82 Å². The van der Waals surface area contributed by atoms with Gasteiger partial charge in [-0.15, -0.1) is 0 Å². The predicted molar refractivity (Wildman–Crippen MR) is 339 cm³/mol. The van der Waals surface area contributed by atoms with Crippen LogP contribution in [-0.4, -0.2) is 68.5 Å².